The van der Waals surface area contributed by atoms with Gasteiger partial charge in [-0.05, 0) is 25.7 Å². The number of hydrogen-bond acceptors (Lipinski definition) is 1. The van der Waals surface area contributed by atoms with Crippen molar-refractivity contribution in [1.82, 2.24) is 0 Å². The highest BCUT2D eigenvalue weighted by Gasteiger charge is 2.93. The van der Waals surface area contributed by atoms with Crippen LogP contribution in [0.4, 0.5) is 8.78 Å². The minimum absolute atomic E-state index is 0.0779. The molecule has 0 saturated heterocycles. The smallest absolute Gasteiger partial charge is 0.260 e. The van der Waals surface area contributed by atoms with Crippen LogP contribution in [0.2, 0.25) is 0 Å². The number of carbonyl (C=O) groups is 1. The van der Waals surface area contributed by atoms with E-state index in [1.165, 1.54) is 0 Å². The molecule has 0 atom stereocenters. The molecule has 0 heterocycles. The summed E-state index contributed by atoms with van der Waals surface area (Å²) < 4.78 is 27.1. The fraction of sp³-hybridized carbons (Fsp3) is 0.900. The van der Waals surface area contributed by atoms with Crippen LogP contribution in [0.1, 0.15) is 32.1 Å². The van der Waals surface area contributed by atoms with Gasteiger partial charge in [0.05, 0.1) is 0 Å². The Balaban J connectivity index is 1.85. The minimum atomic E-state index is -2.45. The van der Waals surface area contributed by atoms with E-state index in [9.17, 15) is 13.6 Å². The summed E-state index contributed by atoms with van der Waals surface area (Å²) in [5.74, 6) is -2.52. The van der Waals surface area contributed by atoms with Gasteiger partial charge in [-0.2, -0.15) is 0 Å². The summed E-state index contributed by atoms with van der Waals surface area (Å²) in [6.45, 7) is 0. The first kappa shape index (κ1) is 7.89. The van der Waals surface area contributed by atoms with Crippen LogP contribution in [-0.2, 0) is 4.79 Å². The molecule has 3 saturated carbocycles. The summed E-state index contributed by atoms with van der Waals surface area (Å²) >= 11 is 0. The first-order valence-corrected chi connectivity index (χ1v) is 4.93. The highest BCUT2D eigenvalue weighted by molar-refractivity contribution is 5.58. The van der Waals surface area contributed by atoms with E-state index in [0.717, 1.165) is 12.7 Å². The molecule has 0 aromatic rings. The molecule has 0 unspecified atom stereocenters. The fourth-order valence-corrected chi connectivity index (χ4v) is 3.64. The summed E-state index contributed by atoms with van der Waals surface area (Å²) in [6.07, 6.45) is 4.05. The third kappa shape index (κ3) is 0.528. The van der Waals surface area contributed by atoms with Gasteiger partial charge >= 0.3 is 0 Å². The fourth-order valence-electron chi connectivity index (χ4n) is 3.64. The SMILES string of the molecule is O=CC1CC2(C1)C(F)(F)C21CCC1. The average Bonchev–Trinajstić information content (AvgIpc) is 2.36. The van der Waals surface area contributed by atoms with Gasteiger partial charge in [-0.25, -0.2) is 8.78 Å². The molecule has 72 valence electrons. The van der Waals surface area contributed by atoms with Crippen molar-refractivity contribution in [3.8, 4) is 0 Å². The van der Waals surface area contributed by atoms with E-state index in [1.54, 1.807) is 0 Å². The summed E-state index contributed by atoms with van der Waals surface area (Å²) in [5.41, 5.74) is -1.39. The van der Waals surface area contributed by atoms with Crippen molar-refractivity contribution in [2.24, 2.45) is 16.7 Å². The maximum absolute atomic E-state index is 13.5. The molecule has 3 fully saturated rings. The van der Waals surface area contributed by atoms with Gasteiger partial charge in [-0.15, -0.1) is 0 Å². The summed E-state index contributed by atoms with van der Waals surface area (Å²) in [4.78, 5) is 10.4. The molecule has 1 nitrogen and oxygen atoms in total. The summed E-state index contributed by atoms with van der Waals surface area (Å²) in [5, 5.41) is 0. The Morgan fingerprint density at radius 3 is 2.08 bits per heavy atom. The van der Waals surface area contributed by atoms with Crippen molar-refractivity contribution in [3.05, 3.63) is 0 Å². The molecule has 0 bridgehead atoms. The summed E-state index contributed by atoms with van der Waals surface area (Å²) in [7, 11) is 0. The van der Waals surface area contributed by atoms with E-state index in [-0.39, 0.29) is 5.92 Å². The molecule has 0 radical (unpaired) electrons. The number of rotatable bonds is 1. The van der Waals surface area contributed by atoms with E-state index >= 15 is 0 Å². The Morgan fingerprint density at radius 2 is 1.77 bits per heavy atom. The number of alkyl halides is 2. The third-order valence-electron chi connectivity index (χ3n) is 4.68. The number of fused-ring (bicyclic) bond motifs is 1. The molecular formula is C10H12F2O. The van der Waals surface area contributed by atoms with Crippen LogP contribution in [0.3, 0.4) is 0 Å². The lowest BCUT2D eigenvalue weighted by Crippen LogP contribution is -2.34. The third-order valence-corrected chi connectivity index (χ3v) is 4.68. The lowest BCUT2D eigenvalue weighted by Gasteiger charge is -2.38. The molecule has 3 heteroatoms. The zero-order valence-corrected chi connectivity index (χ0v) is 7.35. The number of carbonyl (C=O) groups excluding carboxylic acids is 1. The second kappa shape index (κ2) is 1.82. The maximum Gasteiger partial charge on any atom is 0.260 e. The van der Waals surface area contributed by atoms with Gasteiger partial charge in [-0.1, -0.05) is 6.42 Å². The van der Waals surface area contributed by atoms with Crippen LogP contribution in [0.15, 0.2) is 0 Å². The molecule has 0 aromatic carbocycles. The molecular weight excluding hydrogens is 174 g/mol. The molecule has 0 N–H and O–H groups in total. The summed E-state index contributed by atoms with van der Waals surface area (Å²) in [6, 6.07) is 0. The number of aldehydes is 1. The zero-order chi connectivity index (χ0) is 9.32. The van der Waals surface area contributed by atoms with Gasteiger partial charge in [0, 0.05) is 16.7 Å². The first-order chi connectivity index (χ1) is 6.10. The van der Waals surface area contributed by atoms with Crippen molar-refractivity contribution in [1.29, 1.82) is 0 Å². The minimum Gasteiger partial charge on any atom is -0.303 e. The van der Waals surface area contributed by atoms with E-state index in [4.69, 9.17) is 0 Å². The second-order valence-electron chi connectivity index (χ2n) is 4.90. The Hall–Kier alpha value is -0.470. The normalized spacial score (nSPS) is 48.3. The van der Waals surface area contributed by atoms with Crippen molar-refractivity contribution in [3.63, 3.8) is 0 Å². The Morgan fingerprint density at radius 1 is 1.15 bits per heavy atom. The van der Waals surface area contributed by atoms with Crippen molar-refractivity contribution in [2.75, 3.05) is 0 Å². The lowest BCUT2D eigenvalue weighted by atomic mass is 9.63. The molecule has 2 spiro atoms. The van der Waals surface area contributed by atoms with Gasteiger partial charge in [-0.3, -0.25) is 0 Å². The topological polar surface area (TPSA) is 17.1 Å². The lowest BCUT2D eigenvalue weighted by molar-refractivity contribution is -0.117. The van der Waals surface area contributed by atoms with Crippen LogP contribution < -0.4 is 0 Å². The van der Waals surface area contributed by atoms with Gasteiger partial charge in [0.2, 0.25) is 0 Å². The Kier molecular flexibility index (Phi) is 1.10. The Bertz CT molecular complexity index is 275. The van der Waals surface area contributed by atoms with Gasteiger partial charge in [0.15, 0.2) is 0 Å². The molecule has 3 aliphatic rings. The van der Waals surface area contributed by atoms with Gasteiger partial charge < -0.3 is 4.79 Å². The van der Waals surface area contributed by atoms with Crippen LogP contribution in [0.5, 0.6) is 0 Å². The van der Waals surface area contributed by atoms with E-state index in [1.807, 2.05) is 0 Å². The van der Waals surface area contributed by atoms with Crippen molar-refractivity contribution < 1.29 is 13.6 Å². The van der Waals surface area contributed by atoms with Gasteiger partial charge in [0.1, 0.15) is 6.29 Å². The molecule has 0 amide bonds. The number of halogens is 2. The van der Waals surface area contributed by atoms with E-state index in [2.05, 4.69) is 0 Å². The standard InChI is InChI=1S/C10H12F2O/c11-10(12)8(2-1-3-8)9(10)4-7(5-9)6-13/h6-7H,1-5H2. The quantitative estimate of drug-likeness (QED) is 0.575. The first-order valence-electron chi connectivity index (χ1n) is 4.93. The van der Waals surface area contributed by atoms with Crippen molar-refractivity contribution in [2.45, 2.75) is 38.0 Å². The van der Waals surface area contributed by atoms with Crippen LogP contribution in [0, 0.1) is 16.7 Å². The molecule has 0 aromatic heterocycles. The predicted molar refractivity (Wildman–Crippen MR) is 42.5 cm³/mol. The van der Waals surface area contributed by atoms with Crippen LogP contribution in [0.25, 0.3) is 0 Å². The predicted octanol–water partition coefficient (Wildman–Crippen LogP) is 2.40. The van der Waals surface area contributed by atoms with Crippen molar-refractivity contribution >= 4 is 6.29 Å². The highest BCUT2D eigenvalue weighted by Crippen LogP contribution is 2.89. The largest absolute Gasteiger partial charge is 0.303 e. The molecule has 13 heavy (non-hydrogen) atoms. The van der Waals surface area contributed by atoms with Crippen LogP contribution >= 0.6 is 0 Å². The Labute approximate surface area is 75.5 Å². The second-order valence-corrected chi connectivity index (χ2v) is 4.90. The average molecular weight is 186 g/mol. The highest BCUT2D eigenvalue weighted by atomic mass is 19.3. The zero-order valence-electron chi connectivity index (χ0n) is 7.35. The van der Waals surface area contributed by atoms with Gasteiger partial charge in [0.25, 0.3) is 5.92 Å². The monoisotopic (exact) mass is 186 g/mol. The van der Waals surface area contributed by atoms with Crippen LogP contribution in [-0.4, -0.2) is 12.2 Å². The number of hydrogen-bond donors (Lipinski definition) is 0. The maximum atomic E-state index is 13.5. The molecule has 3 aliphatic carbocycles. The molecule has 3 rings (SSSR count). The van der Waals surface area contributed by atoms with E-state index in [0.29, 0.717) is 25.7 Å². The molecule has 0 aliphatic heterocycles. The van der Waals surface area contributed by atoms with E-state index < -0.39 is 16.8 Å².